The number of nitrogens with two attached hydrogens (primary N) is 1. The number of nitrogen functional groups attached to an aromatic ring is 1. The summed E-state index contributed by atoms with van der Waals surface area (Å²) in [4.78, 5) is 23.6. The second kappa shape index (κ2) is 10.8. The van der Waals surface area contributed by atoms with Gasteiger partial charge in [0.15, 0.2) is 12.3 Å². The van der Waals surface area contributed by atoms with Crippen LogP contribution in [-0.2, 0) is 4.79 Å². The summed E-state index contributed by atoms with van der Waals surface area (Å²) in [6, 6.07) is 13.5. The van der Waals surface area contributed by atoms with Gasteiger partial charge in [-0.2, -0.15) is 9.73 Å². The number of aromatic nitrogens is 5. The number of ether oxygens (including phenoxy) is 2. The molecule has 0 radical (unpaired) electrons. The van der Waals surface area contributed by atoms with E-state index in [0.717, 1.165) is 0 Å². The Morgan fingerprint density at radius 2 is 2.00 bits per heavy atom. The van der Waals surface area contributed by atoms with Crippen LogP contribution in [0.25, 0.3) is 17.1 Å². The molecule has 0 unspecified atom stereocenters. The third-order valence-corrected chi connectivity index (χ3v) is 4.67. The number of aromatic amines is 1. The summed E-state index contributed by atoms with van der Waals surface area (Å²) in [5.41, 5.74) is 9.83. The minimum absolute atomic E-state index is 0.000571. The monoisotopic (exact) mass is 493 g/mol. The number of hydrogen-bond acceptors (Lipinski definition) is 10. The first kappa shape index (κ1) is 23.9. The molecule has 0 saturated carbocycles. The number of anilines is 1. The topological polar surface area (TPSA) is 195 Å². The summed E-state index contributed by atoms with van der Waals surface area (Å²) < 4.78 is 16.7. The van der Waals surface area contributed by atoms with Gasteiger partial charge in [-0.3, -0.25) is 4.79 Å². The number of hydrazone groups is 1. The predicted octanol–water partition coefficient (Wildman–Crippen LogP) is 0.945. The number of benzene rings is 2. The van der Waals surface area contributed by atoms with E-state index >= 15 is 0 Å². The molecule has 0 aliphatic heterocycles. The summed E-state index contributed by atoms with van der Waals surface area (Å²) in [5.74, 6) is -0.600. The molecule has 5 N–H and O–H groups in total. The summed E-state index contributed by atoms with van der Waals surface area (Å²) in [7, 11) is 0. The average Bonchev–Trinajstić information content (AvgIpc) is 3.50. The third kappa shape index (κ3) is 5.44. The lowest BCUT2D eigenvalue weighted by Gasteiger charge is -2.05. The highest BCUT2D eigenvalue weighted by Crippen LogP contribution is 2.25. The van der Waals surface area contributed by atoms with E-state index in [-0.39, 0.29) is 17.3 Å². The quantitative estimate of drug-likeness (QED) is 0.140. The lowest BCUT2D eigenvalue weighted by atomic mass is 10.1. The van der Waals surface area contributed by atoms with Crippen LogP contribution < -0.4 is 25.3 Å². The molecular formula is C22H21N8O6+. The Morgan fingerprint density at radius 3 is 2.69 bits per heavy atom. The normalized spacial score (nSPS) is 10.9. The van der Waals surface area contributed by atoms with Crippen molar-refractivity contribution in [3.8, 4) is 28.6 Å². The Labute approximate surface area is 203 Å². The highest BCUT2D eigenvalue weighted by Gasteiger charge is 2.31. The van der Waals surface area contributed by atoms with Crippen molar-refractivity contribution in [2.45, 2.75) is 6.92 Å². The molecule has 2 aromatic heterocycles. The van der Waals surface area contributed by atoms with Gasteiger partial charge in [0.05, 0.1) is 12.8 Å². The zero-order valence-electron chi connectivity index (χ0n) is 18.9. The van der Waals surface area contributed by atoms with Crippen molar-refractivity contribution in [1.82, 2.24) is 26.1 Å². The number of carboxylic acids is 1. The van der Waals surface area contributed by atoms with Gasteiger partial charge in [-0.05, 0) is 59.1 Å². The first-order valence-electron chi connectivity index (χ1n) is 10.6. The molecule has 1 amide bonds. The van der Waals surface area contributed by atoms with Crippen LogP contribution in [0.5, 0.6) is 11.5 Å². The van der Waals surface area contributed by atoms with Crippen LogP contribution in [0.2, 0.25) is 0 Å². The van der Waals surface area contributed by atoms with Crippen LogP contribution in [0.1, 0.15) is 23.0 Å². The van der Waals surface area contributed by atoms with E-state index in [1.807, 2.05) is 6.92 Å². The smallest absolute Gasteiger partial charge is 0.377 e. The Morgan fingerprint density at radius 1 is 1.19 bits per heavy atom. The van der Waals surface area contributed by atoms with Crippen LogP contribution in [0.4, 0.5) is 5.82 Å². The molecule has 0 spiro atoms. The Balaban J connectivity index is 1.58. The van der Waals surface area contributed by atoms with Gasteiger partial charge in [0.25, 0.3) is 11.5 Å². The second-order valence-corrected chi connectivity index (χ2v) is 7.13. The fourth-order valence-electron chi connectivity index (χ4n) is 3.15. The van der Waals surface area contributed by atoms with E-state index in [2.05, 4.69) is 31.2 Å². The van der Waals surface area contributed by atoms with Crippen LogP contribution in [-0.4, -0.2) is 57.0 Å². The molecule has 184 valence electrons. The van der Waals surface area contributed by atoms with Gasteiger partial charge in [0, 0.05) is 5.56 Å². The van der Waals surface area contributed by atoms with E-state index in [9.17, 15) is 9.59 Å². The molecule has 0 bridgehead atoms. The number of H-pyrrole nitrogens is 1. The van der Waals surface area contributed by atoms with Gasteiger partial charge in [-0.15, -0.1) is 9.90 Å². The third-order valence-electron chi connectivity index (χ3n) is 4.67. The van der Waals surface area contributed by atoms with Crippen molar-refractivity contribution >= 4 is 23.9 Å². The van der Waals surface area contributed by atoms with Gasteiger partial charge in [0.2, 0.25) is 0 Å². The van der Waals surface area contributed by atoms with Gasteiger partial charge in [0.1, 0.15) is 16.7 Å². The molecule has 0 aliphatic rings. The number of amides is 1. The van der Waals surface area contributed by atoms with Crippen molar-refractivity contribution in [2.24, 2.45) is 5.10 Å². The summed E-state index contributed by atoms with van der Waals surface area (Å²) >= 11 is 0. The fraction of sp³-hybridized carbons (Fsp3) is 0.136. The number of carbonyl (C=O) groups excluding carboxylic acids is 1. The van der Waals surface area contributed by atoms with Gasteiger partial charge in [-0.1, -0.05) is 12.1 Å². The van der Waals surface area contributed by atoms with Crippen LogP contribution in [0, 0.1) is 0 Å². The largest absolute Gasteiger partial charge is 0.494 e. The standard InChI is InChI=1S/C22H20N8O6/c1-2-34-16-5-3-4-14(10-16)19-18(25-29-30(19)21-20(23)27-36-28-21)22(33)26-24-11-13-6-8-15(9-7-13)35-12-17(31)32/h3-11H,2,12H2,1H3,(H4,23,26,27,31,32,33)/p+1. The Bertz CT molecular complexity index is 1400. The zero-order chi connectivity index (χ0) is 25.5. The predicted molar refractivity (Wildman–Crippen MR) is 124 cm³/mol. The molecule has 0 saturated heterocycles. The van der Waals surface area contributed by atoms with Crippen LogP contribution >= 0.6 is 0 Å². The van der Waals surface area contributed by atoms with E-state index in [4.69, 9.17) is 24.9 Å². The van der Waals surface area contributed by atoms with Gasteiger partial charge < -0.3 is 20.3 Å². The van der Waals surface area contributed by atoms with Gasteiger partial charge >= 0.3 is 17.7 Å². The van der Waals surface area contributed by atoms with E-state index in [1.54, 1.807) is 48.5 Å². The molecule has 14 nitrogen and oxygen atoms in total. The van der Waals surface area contributed by atoms with E-state index in [1.165, 1.54) is 10.9 Å². The van der Waals surface area contributed by atoms with Crippen LogP contribution in [0.3, 0.4) is 0 Å². The van der Waals surface area contributed by atoms with Crippen molar-refractivity contribution in [1.29, 1.82) is 0 Å². The Kier molecular flexibility index (Phi) is 7.14. The highest BCUT2D eigenvalue weighted by molar-refractivity contribution is 5.97. The van der Waals surface area contributed by atoms with Crippen molar-refractivity contribution in [2.75, 3.05) is 18.9 Å². The molecular weight excluding hydrogens is 472 g/mol. The molecule has 14 heteroatoms. The molecule has 0 aliphatic carbocycles. The fourth-order valence-corrected chi connectivity index (χ4v) is 3.15. The number of hydrogen-bond donors (Lipinski definition) is 4. The molecule has 0 atom stereocenters. The maximum absolute atomic E-state index is 13.0. The zero-order valence-corrected chi connectivity index (χ0v) is 18.9. The maximum atomic E-state index is 13.0. The average molecular weight is 493 g/mol. The summed E-state index contributed by atoms with van der Waals surface area (Å²) in [6.07, 6.45) is 1.41. The molecule has 36 heavy (non-hydrogen) atoms. The van der Waals surface area contributed by atoms with Gasteiger partial charge in [-0.25, -0.2) is 10.2 Å². The molecule has 4 aromatic rings. The SMILES string of the molecule is CCOc1cccc(-c2c(C(=O)NN=Cc3ccc(OCC(=O)O)cc3)n[nH][n+]2-c2nonc2N)c1. The molecule has 2 aromatic carbocycles. The van der Waals surface area contributed by atoms with Crippen molar-refractivity contribution in [3.63, 3.8) is 0 Å². The number of rotatable bonds is 10. The van der Waals surface area contributed by atoms with E-state index in [0.29, 0.717) is 34.9 Å². The van der Waals surface area contributed by atoms with Crippen molar-refractivity contribution < 1.29 is 33.5 Å². The summed E-state index contributed by atoms with van der Waals surface area (Å²) in [6.45, 7) is 1.88. The Hall–Kier alpha value is -5.27. The maximum Gasteiger partial charge on any atom is 0.377 e. The van der Waals surface area contributed by atoms with E-state index < -0.39 is 18.5 Å². The number of nitrogens with zero attached hydrogens (tertiary/aromatic N) is 5. The summed E-state index contributed by atoms with van der Waals surface area (Å²) in [5, 5.41) is 26.8. The molecule has 4 rings (SSSR count). The van der Waals surface area contributed by atoms with Crippen LogP contribution in [0.15, 0.2) is 58.3 Å². The number of carbonyl (C=O) groups is 2. The first-order valence-corrected chi connectivity index (χ1v) is 10.6. The minimum atomic E-state index is -1.07. The number of aliphatic carboxylic acids is 1. The number of carboxylic acid groups (broad SMARTS) is 1. The highest BCUT2D eigenvalue weighted by atomic mass is 16.6. The lowest BCUT2D eigenvalue weighted by Crippen LogP contribution is -2.37. The molecule has 2 heterocycles. The number of nitrogens with one attached hydrogen (secondary N) is 2. The second-order valence-electron chi connectivity index (χ2n) is 7.13. The minimum Gasteiger partial charge on any atom is -0.494 e. The first-order chi connectivity index (χ1) is 17.5. The van der Waals surface area contributed by atoms with Crippen molar-refractivity contribution in [3.05, 3.63) is 59.8 Å². The molecule has 0 fully saturated rings. The lowest BCUT2D eigenvalue weighted by molar-refractivity contribution is -0.652.